The first kappa shape index (κ1) is 7.85. The van der Waals surface area contributed by atoms with Gasteiger partial charge in [0.1, 0.15) is 17.7 Å². The molecule has 0 saturated carbocycles. The topological polar surface area (TPSA) is 46.0 Å². The highest BCUT2D eigenvalue weighted by molar-refractivity contribution is 5.83. The van der Waals surface area contributed by atoms with E-state index in [0.29, 0.717) is 6.07 Å². The average molecular weight is 182 g/mol. The molecule has 1 aromatic heterocycles. The molecule has 66 valence electrons. The van der Waals surface area contributed by atoms with E-state index in [-0.39, 0.29) is 10.9 Å². The van der Waals surface area contributed by atoms with E-state index in [1.807, 2.05) is 0 Å². The van der Waals surface area contributed by atoms with Gasteiger partial charge in [0.2, 0.25) is 5.88 Å². The lowest BCUT2D eigenvalue weighted by atomic mass is 10.2. The Morgan fingerprint density at radius 1 is 1.15 bits per heavy atom. The summed E-state index contributed by atoms with van der Waals surface area (Å²) < 4.78 is 25.7. The summed E-state index contributed by atoms with van der Waals surface area (Å²) in [6.07, 6.45) is 1.01. The zero-order valence-corrected chi connectivity index (χ0v) is 6.33. The van der Waals surface area contributed by atoms with Gasteiger partial charge in [-0.3, -0.25) is 0 Å². The van der Waals surface area contributed by atoms with Crippen molar-refractivity contribution >= 4 is 10.9 Å². The highest BCUT2D eigenvalue weighted by Crippen LogP contribution is 2.22. The molecule has 0 aliphatic rings. The number of rotatable bonds is 0. The zero-order valence-electron chi connectivity index (χ0n) is 6.33. The molecule has 0 bridgehead atoms. The lowest BCUT2D eigenvalue weighted by Crippen LogP contribution is -1.88. The van der Waals surface area contributed by atoms with Crippen LogP contribution in [0, 0.1) is 11.6 Å². The Bertz CT molecular complexity index is 473. The summed E-state index contributed by atoms with van der Waals surface area (Å²) >= 11 is 0. The van der Waals surface area contributed by atoms with Gasteiger partial charge in [-0.25, -0.2) is 18.7 Å². The third-order valence-corrected chi connectivity index (χ3v) is 1.64. The van der Waals surface area contributed by atoms with Crippen LogP contribution in [-0.2, 0) is 0 Å². The Morgan fingerprint density at radius 2 is 1.92 bits per heavy atom. The molecular formula is C8H4F2N2O. The molecule has 2 rings (SSSR count). The van der Waals surface area contributed by atoms with Gasteiger partial charge in [0.15, 0.2) is 5.82 Å². The lowest BCUT2D eigenvalue weighted by Gasteiger charge is -1.99. The standard InChI is InChI=1S/C8H4F2N2O/c9-4-1-5-7(6(10)2-4)11-3-12-8(5)13/h1-3H,(H,11,12,13). The molecule has 2 aromatic rings. The molecule has 13 heavy (non-hydrogen) atoms. The van der Waals surface area contributed by atoms with Gasteiger partial charge in [0, 0.05) is 6.07 Å². The van der Waals surface area contributed by atoms with Crippen LogP contribution in [0.2, 0.25) is 0 Å². The number of hydrogen-bond donors (Lipinski definition) is 1. The van der Waals surface area contributed by atoms with Gasteiger partial charge in [-0.05, 0) is 6.07 Å². The van der Waals surface area contributed by atoms with Crippen molar-refractivity contribution in [3.8, 4) is 5.88 Å². The van der Waals surface area contributed by atoms with Crippen LogP contribution < -0.4 is 0 Å². The number of halogens is 2. The van der Waals surface area contributed by atoms with Gasteiger partial charge in [-0.15, -0.1) is 0 Å². The van der Waals surface area contributed by atoms with E-state index >= 15 is 0 Å². The van der Waals surface area contributed by atoms with Gasteiger partial charge in [-0.1, -0.05) is 0 Å². The first-order valence-electron chi connectivity index (χ1n) is 3.47. The fourth-order valence-corrected chi connectivity index (χ4v) is 1.08. The summed E-state index contributed by atoms with van der Waals surface area (Å²) in [5.41, 5.74) is -0.0890. The minimum Gasteiger partial charge on any atom is -0.493 e. The number of hydrogen-bond acceptors (Lipinski definition) is 3. The van der Waals surface area contributed by atoms with Gasteiger partial charge in [0.25, 0.3) is 0 Å². The number of aromatic hydroxyl groups is 1. The highest BCUT2D eigenvalue weighted by Gasteiger charge is 2.08. The summed E-state index contributed by atoms with van der Waals surface area (Å²) in [4.78, 5) is 6.97. The van der Waals surface area contributed by atoms with Gasteiger partial charge in [0.05, 0.1) is 5.39 Å². The fourth-order valence-electron chi connectivity index (χ4n) is 1.08. The lowest BCUT2D eigenvalue weighted by molar-refractivity contribution is 0.458. The normalized spacial score (nSPS) is 10.6. The maximum atomic E-state index is 13.0. The van der Waals surface area contributed by atoms with Crippen LogP contribution in [0.4, 0.5) is 8.78 Å². The van der Waals surface area contributed by atoms with E-state index < -0.39 is 17.5 Å². The molecule has 0 aliphatic heterocycles. The Kier molecular flexibility index (Phi) is 1.58. The van der Waals surface area contributed by atoms with Crippen LogP contribution in [0.25, 0.3) is 10.9 Å². The monoisotopic (exact) mass is 182 g/mol. The third-order valence-electron chi connectivity index (χ3n) is 1.64. The Morgan fingerprint density at radius 3 is 2.69 bits per heavy atom. The summed E-state index contributed by atoms with van der Waals surface area (Å²) in [7, 11) is 0. The Hall–Kier alpha value is -1.78. The van der Waals surface area contributed by atoms with Crippen LogP contribution in [0.15, 0.2) is 18.5 Å². The average Bonchev–Trinajstić information content (AvgIpc) is 2.07. The first-order valence-corrected chi connectivity index (χ1v) is 3.47. The molecule has 0 saturated heterocycles. The predicted molar refractivity (Wildman–Crippen MR) is 41.1 cm³/mol. The van der Waals surface area contributed by atoms with Crippen molar-refractivity contribution in [3.05, 3.63) is 30.1 Å². The van der Waals surface area contributed by atoms with E-state index in [2.05, 4.69) is 9.97 Å². The van der Waals surface area contributed by atoms with Crippen LogP contribution >= 0.6 is 0 Å². The molecule has 0 unspecified atom stereocenters. The molecule has 5 heteroatoms. The number of benzene rings is 1. The van der Waals surface area contributed by atoms with Crippen molar-refractivity contribution in [2.24, 2.45) is 0 Å². The summed E-state index contributed by atoms with van der Waals surface area (Å²) in [5.74, 6) is -2.01. The van der Waals surface area contributed by atoms with Crippen molar-refractivity contribution in [1.82, 2.24) is 9.97 Å². The van der Waals surface area contributed by atoms with Crippen molar-refractivity contribution < 1.29 is 13.9 Å². The van der Waals surface area contributed by atoms with Crippen LogP contribution in [0.5, 0.6) is 5.88 Å². The van der Waals surface area contributed by atoms with E-state index in [1.165, 1.54) is 0 Å². The van der Waals surface area contributed by atoms with Gasteiger partial charge in [-0.2, -0.15) is 0 Å². The third kappa shape index (κ3) is 1.18. The molecule has 1 heterocycles. The second-order valence-corrected chi connectivity index (χ2v) is 2.48. The van der Waals surface area contributed by atoms with Crippen LogP contribution in [0.1, 0.15) is 0 Å². The SMILES string of the molecule is Oc1ncnc2c(F)cc(F)cc12. The highest BCUT2D eigenvalue weighted by atomic mass is 19.1. The largest absolute Gasteiger partial charge is 0.493 e. The molecular weight excluding hydrogens is 178 g/mol. The van der Waals surface area contributed by atoms with Crippen molar-refractivity contribution in [3.63, 3.8) is 0 Å². The molecule has 0 atom stereocenters. The minimum atomic E-state index is -0.812. The maximum Gasteiger partial charge on any atom is 0.222 e. The Labute approximate surface area is 71.7 Å². The number of aromatic nitrogens is 2. The van der Waals surface area contributed by atoms with E-state index in [1.54, 1.807) is 0 Å². The van der Waals surface area contributed by atoms with Crippen molar-refractivity contribution in [2.75, 3.05) is 0 Å². The molecule has 0 fully saturated rings. The minimum absolute atomic E-state index is 0.0278. The molecule has 3 nitrogen and oxygen atoms in total. The fraction of sp³-hybridized carbons (Fsp3) is 0. The van der Waals surface area contributed by atoms with Crippen LogP contribution in [0.3, 0.4) is 0 Å². The van der Waals surface area contributed by atoms with E-state index in [9.17, 15) is 8.78 Å². The number of nitrogens with zero attached hydrogens (tertiary/aromatic N) is 2. The van der Waals surface area contributed by atoms with Gasteiger partial charge >= 0.3 is 0 Å². The quantitative estimate of drug-likeness (QED) is 0.673. The van der Waals surface area contributed by atoms with Crippen molar-refractivity contribution in [1.29, 1.82) is 0 Å². The molecule has 0 aliphatic carbocycles. The second-order valence-electron chi connectivity index (χ2n) is 2.48. The van der Waals surface area contributed by atoms with E-state index in [0.717, 1.165) is 12.4 Å². The summed E-state index contributed by atoms with van der Waals surface area (Å²) in [6, 6.07) is 1.68. The second kappa shape index (κ2) is 2.62. The summed E-state index contributed by atoms with van der Waals surface area (Å²) in [6.45, 7) is 0. The molecule has 0 amide bonds. The Balaban J connectivity index is 2.94. The van der Waals surface area contributed by atoms with Crippen molar-refractivity contribution in [2.45, 2.75) is 0 Å². The summed E-state index contributed by atoms with van der Waals surface area (Å²) in [5, 5.41) is 9.11. The number of fused-ring (bicyclic) bond motifs is 1. The molecule has 1 N–H and O–H groups in total. The predicted octanol–water partition coefficient (Wildman–Crippen LogP) is 1.61. The first-order chi connectivity index (χ1) is 6.18. The van der Waals surface area contributed by atoms with Gasteiger partial charge < -0.3 is 5.11 Å². The van der Waals surface area contributed by atoms with E-state index in [4.69, 9.17) is 5.11 Å². The molecule has 0 spiro atoms. The smallest absolute Gasteiger partial charge is 0.222 e. The van der Waals surface area contributed by atoms with Crippen LogP contribution in [-0.4, -0.2) is 15.1 Å². The zero-order chi connectivity index (χ0) is 9.42. The molecule has 0 radical (unpaired) electrons. The molecule has 1 aromatic carbocycles. The maximum absolute atomic E-state index is 13.0.